The molecular formula is C41H53N3O5. The number of amides is 3. The Morgan fingerprint density at radius 3 is 1.31 bits per heavy atom. The largest absolute Gasteiger partial charge is 0.480 e. The Morgan fingerprint density at radius 1 is 0.694 bits per heavy atom. The molecule has 0 saturated carbocycles. The summed E-state index contributed by atoms with van der Waals surface area (Å²) in [6.45, 7) is 20.7. The molecule has 0 aliphatic rings. The van der Waals surface area contributed by atoms with Crippen molar-refractivity contribution in [3.63, 3.8) is 0 Å². The summed E-state index contributed by atoms with van der Waals surface area (Å²) in [7, 11) is 0. The summed E-state index contributed by atoms with van der Waals surface area (Å²) in [5, 5.41) is 17.3. The van der Waals surface area contributed by atoms with E-state index in [0.717, 1.165) is 50.9 Å². The molecule has 3 amide bonds. The molecule has 262 valence electrons. The minimum atomic E-state index is -1.01. The number of hydrogen-bond donors (Lipinski definition) is 4. The minimum Gasteiger partial charge on any atom is -0.480 e. The minimum absolute atomic E-state index is 0.00458. The van der Waals surface area contributed by atoms with Crippen molar-refractivity contribution in [1.29, 1.82) is 0 Å². The van der Waals surface area contributed by atoms with Crippen LogP contribution < -0.4 is 16.0 Å². The maximum Gasteiger partial charge on any atom is 0.326 e. The zero-order valence-corrected chi connectivity index (χ0v) is 30.5. The average Bonchev–Trinajstić information content (AvgIpc) is 3.00. The van der Waals surface area contributed by atoms with Gasteiger partial charge in [-0.25, -0.2) is 4.79 Å². The van der Waals surface area contributed by atoms with E-state index in [0.29, 0.717) is 18.4 Å². The smallest absolute Gasteiger partial charge is 0.326 e. The van der Waals surface area contributed by atoms with Gasteiger partial charge in [0.2, 0.25) is 0 Å². The monoisotopic (exact) mass is 667 g/mol. The fourth-order valence-electron chi connectivity index (χ4n) is 5.22. The Morgan fingerprint density at radius 2 is 1.02 bits per heavy atom. The predicted octanol–water partition coefficient (Wildman–Crippen LogP) is 7.34. The molecule has 0 heterocycles. The molecule has 0 spiro atoms. The van der Waals surface area contributed by atoms with Gasteiger partial charge in [0.05, 0.1) is 0 Å². The maximum atomic E-state index is 12.0. The second-order valence-corrected chi connectivity index (χ2v) is 12.3. The van der Waals surface area contributed by atoms with Gasteiger partial charge in [-0.15, -0.1) is 18.9 Å². The number of carboxylic acid groups (broad SMARTS) is 1. The Bertz CT molecular complexity index is 1590. The van der Waals surface area contributed by atoms with E-state index in [-0.39, 0.29) is 29.8 Å². The first-order valence-electron chi connectivity index (χ1n) is 16.5. The van der Waals surface area contributed by atoms with Crippen LogP contribution in [0.25, 0.3) is 0 Å². The number of aryl methyl sites for hydroxylation is 6. The molecule has 0 fully saturated rings. The molecule has 8 heteroatoms. The topological polar surface area (TPSA) is 125 Å². The van der Waals surface area contributed by atoms with Crippen molar-refractivity contribution in [1.82, 2.24) is 16.0 Å². The van der Waals surface area contributed by atoms with Crippen LogP contribution >= 0.6 is 0 Å². The molecule has 4 N–H and O–H groups in total. The standard InChI is InChI=1S/C14H19NO.C14H17NO.C13H17NO3/c2*1-5-7-12(4)15-14(16)13-10(2)8-6-9-11(13)3;1-4-10(13(16)17)14-12(15)11-8(2)6-5-7-9(11)3/h5-6,8-9,12H,1,7H2,2-4H3,(H,15,16);1,6,8-9,12H,7H2,2-4H3,(H,15,16);5-7,10H,4H2,1-3H3,(H,14,15)(H,16,17). The second-order valence-electron chi connectivity index (χ2n) is 12.3. The fourth-order valence-corrected chi connectivity index (χ4v) is 5.22. The molecule has 49 heavy (non-hydrogen) atoms. The Labute approximate surface area is 292 Å². The van der Waals surface area contributed by atoms with Crippen LogP contribution in [0.4, 0.5) is 0 Å². The van der Waals surface area contributed by atoms with Crippen LogP contribution in [0.2, 0.25) is 0 Å². The van der Waals surface area contributed by atoms with Crippen molar-refractivity contribution < 1.29 is 24.3 Å². The fraction of sp³-hybridized carbons (Fsp3) is 0.366. The highest BCUT2D eigenvalue weighted by Gasteiger charge is 2.20. The first-order valence-corrected chi connectivity index (χ1v) is 16.5. The first-order chi connectivity index (χ1) is 23.1. The summed E-state index contributed by atoms with van der Waals surface area (Å²) in [6.07, 6.45) is 8.73. The Balaban J connectivity index is 0.000000368. The van der Waals surface area contributed by atoms with Crippen molar-refractivity contribution >= 4 is 23.7 Å². The molecule has 3 aromatic carbocycles. The summed E-state index contributed by atoms with van der Waals surface area (Å²) in [4.78, 5) is 46.9. The van der Waals surface area contributed by atoms with Crippen LogP contribution in [0.3, 0.4) is 0 Å². The van der Waals surface area contributed by atoms with E-state index in [9.17, 15) is 19.2 Å². The van der Waals surface area contributed by atoms with Crippen LogP contribution in [-0.4, -0.2) is 46.9 Å². The molecule has 3 rings (SSSR count). The van der Waals surface area contributed by atoms with Crippen molar-refractivity contribution in [3.8, 4) is 12.3 Å². The number of nitrogens with one attached hydrogen (secondary N) is 3. The lowest BCUT2D eigenvalue weighted by Gasteiger charge is -2.14. The van der Waals surface area contributed by atoms with E-state index < -0.39 is 12.0 Å². The van der Waals surface area contributed by atoms with Crippen LogP contribution in [0.15, 0.2) is 67.3 Å². The van der Waals surface area contributed by atoms with E-state index >= 15 is 0 Å². The number of rotatable bonds is 11. The van der Waals surface area contributed by atoms with E-state index in [2.05, 4.69) is 28.4 Å². The summed E-state index contributed by atoms with van der Waals surface area (Å²) in [5.41, 5.74) is 7.82. The van der Waals surface area contributed by atoms with Gasteiger partial charge in [-0.1, -0.05) is 67.6 Å². The predicted molar refractivity (Wildman–Crippen MR) is 199 cm³/mol. The molecule has 0 aromatic heterocycles. The number of carbonyl (C=O) groups excluding carboxylic acids is 3. The molecule has 0 saturated heterocycles. The lowest BCUT2D eigenvalue weighted by atomic mass is 10.0. The molecule has 0 bridgehead atoms. The Kier molecular flexibility index (Phi) is 17.9. The number of benzene rings is 3. The summed E-state index contributed by atoms with van der Waals surface area (Å²) >= 11 is 0. The molecule has 3 aromatic rings. The van der Waals surface area contributed by atoms with Crippen LogP contribution in [0, 0.1) is 53.9 Å². The normalized spacial score (nSPS) is 11.8. The van der Waals surface area contributed by atoms with Gasteiger partial charge in [0.15, 0.2) is 0 Å². The Hall–Kier alpha value is -5.16. The zero-order valence-electron chi connectivity index (χ0n) is 30.5. The lowest BCUT2D eigenvalue weighted by molar-refractivity contribution is -0.139. The molecule has 0 radical (unpaired) electrons. The number of carboxylic acids is 1. The molecule has 0 aliphatic heterocycles. The number of carbonyl (C=O) groups is 4. The third kappa shape index (κ3) is 13.5. The van der Waals surface area contributed by atoms with E-state index in [1.54, 1.807) is 6.92 Å². The molecule has 3 unspecified atom stereocenters. The molecule has 0 aliphatic carbocycles. The molecular weight excluding hydrogens is 614 g/mol. The van der Waals surface area contributed by atoms with Gasteiger partial charge in [-0.3, -0.25) is 14.4 Å². The van der Waals surface area contributed by atoms with E-state index in [4.69, 9.17) is 11.5 Å². The third-order valence-corrected chi connectivity index (χ3v) is 7.84. The van der Waals surface area contributed by atoms with Gasteiger partial charge in [0.1, 0.15) is 6.04 Å². The molecule has 8 nitrogen and oxygen atoms in total. The van der Waals surface area contributed by atoms with Crippen molar-refractivity contribution in [2.45, 2.75) is 99.7 Å². The van der Waals surface area contributed by atoms with Crippen molar-refractivity contribution in [2.24, 2.45) is 0 Å². The van der Waals surface area contributed by atoms with E-state index in [1.165, 1.54) is 0 Å². The van der Waals surface area contributed by atoms with Gasteiger partial charge in [-0.2, -0.15) is 0 Å². The van der Waals surface area contributed by atoms with Gasteiger partial charge in [-0.05, 0) is 102 Å². The quantitative estimate of drug-likeness (QED) is 0.126. The summed E-state index contributed by atoms with van der Waals surface area (Å²) in [5.74, 6) is 1.17. The summed E-state index contributed by atoms with van der Waals surface area (Å²) in [6, 6.07) is 16.6. The van der Waals surface area contributed by atoms with Crippen LogP contribution in [0.5, 0.6) is 0 Å². The van der Waals surface area contributed by atoms with Crippen LogP contribution in [0.1, 0.15) is 104 Å². The highest BCUT2D eigenvalue weighted by molar-refractivity contribution is 5.99. The van der Waals surface area contributed by atoms with Crippen molar-refractivity contribution in [2.75, 3.05) is 0 Å². The SMILES string of the molecule is C#CCC(C)NC(=O)c1c(C)cccc1C.C=CCC(C)NC(=O)c1c(C)cccc1C.CCC(NC(=O)c1c(C)cccc1C)C(=O)O. The number of hydrogen-bond acceptors (Lipinski definition) is 4. The zero-order chi connectivity index (χ0) is 37.3. The van der Waals surface area contributed by atoms with Gasteiger partial charge < -0.3 is 21.1 Å². The first kappa shape index (κ1) is 41.9. The maximum absolute atomic E-state index is 12.0. The third-order valence-electron chi connectivity index (χ3n) is 7.84. The number of aliphatic carboxylic acids is 1. The van der Waals surface area contributed by atoms with Gasteiger partial charge in [0, 0.05) is 35.2 Å². The second kappa shape index (κ2) is 20.9. The van der Waals surface area contributed by atoms with Crippen LogP contribution in [-0.2, 0) is 4.79 Å². The molecule has 3 atom stereocenters. The average molecular weight is 668 g/mol. The number of terminal acetylenes is 1. The lowest BCUT2D eigenvalue weighted by Crippen LogP contribution is -2.40. The highest BCUT2D eigenvalue weighted by Crippen LogP contribution is 2.15. The van der Waals surface area contributed by atoms with E-state index in [1.807, 2.05) is 116 Å². The van der Waals surface area contributed by atoms with Gasteiger partial charge in [0.25, 0.3) is 17.7 Å². The van der Waals surface area contributed by atoms with Crippen molar-refractivity contribution in [3.05, 3.63) is 117 Å². The highest BCUT2D eigenvalue weighted by atomic mass is 16.4. The van der Waals surface area contributed by atoms with Gasteiger partial charge >= 0.3 is 5.97 Å². The summed E-state index contributed by atoms with van der Waals surface area (Å²) < 4.78 is 0.